The van der Waals surface area contributed by atoms with Crippen molar-refractivity contribution in [3.05, 3.63) is 48.0 Å². The van der Waals surface area contributed by atoms with E-state index >= 15 is 0 Å². The van der Waals surface area contributed by atoms with Gasteiger partial charge in [0.2, 0.25) is 0 Å². The third-order valence-corrected chi connectivity index (χ3v) is 2.33. The lowest BCUT2D eigenvalue weighted by atomic mass is 9.98. The summed E-state index contributed by atoms with van der Waals surface area (Å²) in [4.78, 5) is 0. The van der Waals surface area contributed by atoms with Crippen LogP contribution in [0.15, 0.2) is 42.5 Å². The molecule has 0 aliphatic heterocycles. The molecular weight excluding hydrogens is 174 g/mol. The van der Waals surface area contributed by atoms with Gasteiger partial charge in [0.25, 0.3) is 0 Å². The standard InChI is InChI=1S/C12H13NO/c1-12(13,14)11-8-4-6-9-5-2-3-7-10(9)11/h2-8,14H,13H2,1H3. The van der Waals surface area contributed by atoms with Gasteiger partial charge in [0.15, 0.2) is 0 Å². The summed E-state index contributed by atoms with van der Waals surface area (Å²) in [5, 5.41) is 11.9. The Morgan fingerprint density at radius 1 is 1.07 bits per heavy atom. The molecule has 0 amide bonds. The zero-order chi connectivity index (χ0) is 10.2. The average Bonchev–Trinajstić information content (AvgIpc) is 2.15. The van der Waals surface area contributed by atoms with Gasteiger partial charge in [0.1, 0.15) is 5.72 Å². The Hall–Kier alpha value is -1.38. The summed E-state index contributed by atoms with van der Waals surface area (Å²) in [6.07, 6.45) is 0. The molecule has 0 aliphatic rings. The van der Waals surface area contributed by atoms with Gasteiger partial charge in [-0.2, -0.15) is 0 Å². The number of hydrogen-bond acceptors (Lipinski definition) is 2. The average molecular weight is 187 g/mol. The minimum atomic E-state index is -1.28. The van der Waals surface area contributed by atoms with Gasteiger partial charge >= 0.3 is 0 Å². The fraction of sp³-hybridized carbons (Fsp3) is 0.167. The molecule has 72 valence electrons. The lowest BCUT2D eigenvalue weighted by molar-refractivity contribution is 0.0663. The van der Waals surface area contributed by atoms with E-state index in [0.29, 0.717) is 0 Å². The monoisotopic (exact) mass is 187 g/mol. The van der Waals surface area contributed by atoms with Crippen molar-refractivity contribution in [3.8, 4) is 0 Å². The molecule has 0 heterocycles. The molecule has 3 N–H and O–H groups in total. The topological polar surface area (TPSA) is 46.2 Å². The van der Waals surface area contributed by atoms with Crippen molar-refractivity contribution in [3.63, 3.8) is 0 Å². The van der Waals surface area contributed by atoms with Gasteiger partial charge < -0.3 is 10.8 Å². The number of fused-ring (bicyclic) bond motifs is 1. The van der Waals surface area contributed by atoms with Gasteiger partial charge in [-0.1, -0.05) is 42.5 Å². The molecule has 0 saturated heterocycles. The summed E-state index contributed by atoms with van der Waals surface area (Å²) in [5.74, 6) is 0. The molecule has 0 aliphatic carbocycles. The molecule has 0 saturated carbocycles. The largest absolute Gasteiger partial charge is 0.372 e. The van der Waals surface area contributed by atoms with Crippen molar-refractivity contribution in [1.29, 1.82) is 0 Å². The van der Waals surface area contributed by atoms with Crippen LogP contribution < -0.4 is 5.73 Å². The molecule has 2 nitrogen and oxygen atoms in total. The van der Waals surface area contributed by atoms with Gasteiger partial charge in [-0.25, -0.2) is 0 Å². The van der Waals surface area contributed by atoms with Crippen molar-refractivity contribution in [2.45, 2.75) is 12.6 Å². The lowest BCUT2D eigenvalue weighted by Gasteiger charge is -2.19. The number of hydrogen-bond donors (Lipinski definition) is 2. The summed E-state index contributed by atoms with van der Waals surface area (Å²) in [7, 11) is 0. The van der Waals surface area contributed by atoms with E-state index in [0.717, 1.165) is 16.3 Å². The van der Waals surface area contributed by atoms with Crippen LogP contribution in [0.5, 0.6) is 0 Å². The van der Waals surface area contributed by atoms with Crippen LogP contribution in [0.4, 0.5) is 0 Å². The van der Waals surface area contributed by atoms with Gasteiger partial charge in [-0.05, 0) is 17.7 Å². The van der Waals surface area contributed by atoms with Crippen molar-refractivity contribution in [1.82, 2.24) is 0 Å². The van der Waals surface area contributed by atoms with Gasteiger partial charge in [-0.15, -0.1) is 0 Å². The Bertz CT molecular complexity index is 452. The number of aliphatic hydroxyl groups is 1. The molecule has 2 aromatic rings. The highest BCUT2D eigenvalue weighted by molar-refractivity contribution is 5.86. The van der Waals surface area contributed by atoms with Crippen molar-refractivity contribution < 1.29 is 5.11 Å². The molecule has 2 heteroatoms. The highest BCUT2D eigenvalue weighted by Crippen LogP contribution is 2.24. The Kier molecular flexibility index (Phi) is 2.02. The predicted octanol–water partition coefficient (Wildman–Crippen LogP) is 1.96. The molecule has 0 radical (unpaired) electrons. The van der Waals surface area contributed by atoms with E-state index in [1.165, 1.54) is 0 Å². The van der Waals surface area contributed by atoms with Crippen LogP contribution in [-0.2, 0) is 5.72 Å². The minimum Gasteiger partial charge on any atom is -0.372 e. The number of benzene rings is 2. The third kappa shape index (κ3) is 1.50. The molecule has 0 spiro atoms. The van der Waals surface area contributed by atoms with Crippen molar-refractivity contribution in [2.24, 2.45) is 5.73 Å². The maximum absolute atomic E-state index is 9.76. The van der Waals surface area contributed by atoms with E-state index in [4.69, 9.17) is 5.73 Å². The van der Waals surface area contributed by atoms with E-state index in [2.05, 4.69) is 0 Å². The van der Waals surface area contributed by atoms with Crippen LogP contribution in [0, 0.1) is 0 Å². The van der Waals surface area contributed by atoms with E-state index in [-0.39, 0.29) is 0 Å². The lowest BCUT2D eigenvalue weighted by Crippen LogP contribution is -2.32. The van der Waals surface area contributed by atoms with Crippen molar-refractivity contribution >= 4 is 10.8 Å². The summed E-state index contributed by atoms with van der Waals surface area (Å²) in [5.41, 5.74) is 5.16. The molecule has 0 bridgehead atoms. The molecule has 1 atom stereocenters. The third-order valence-electron chi connectivity index (χ3n) is 2.33. The Balaban J connectivity index is 2.78. The van der Waals surface area contributed by atoms with Crippen molar-refractivity contribution in [2.75, 3.05) is 0 Å². The second kappa shape index (κ2) is 3.08. The van der Waals surface area contributed by atoms with Crippen LogP contribution in [0.25, 0.3) is 10.8 Å². The Morgan fingerprint density at radius 3 is 2.43 bits per heavy atom. The summed E-state index contributed by atoms with van der Waals surface area (Å²) in [6, 6.07) is 13.6. The second-order valence-corrected chi connectivity index (χ2v) is 3.67. The molecule has 0 aromatic heterocycles. The zero-order valence-corrected chi connectivity index (χ0v) is 8.07. The molecule has 2 aromatic carbocycles. The molecule has 1 unspecified atom stereocenters. The SMILES string of the molecule is CC(N)(O)c1cccc2ccccc12. The number of nitrogens with two attached hydrogens (primary N) is 1. The first-order valence-corrected chi connectivity index (χ1v) is 4.58. The van der Waals surface area contributed by atoms with E-state index in [9.17, 15) is 5.11 Å². The summed E-state index contributed by atoms with van der Waals surface area (Å²) in [6.45, 7) is 1.59. The van der Waals surface area contributed by atoms with Gasteiger partial charge in [0, 0.05) is 5.56 Å². The fourth-order valence-corrected chi connectivity index (χ4v) is 1.67. The quantitative estimate of drug-likeness (QED) is 0.670. The van der Waals surface area contributed by atoms with E-state index < -0.39 is 5.72 Å². The molecule has 14 heavy (non-hydrogen) atoms. The van der Waals surface area contributed by atoms with Crippen LogP contribution >= 0.6 is 0 Å². The summed E-state index contributed by atoms with van der Waals surface area (Å²) >= 11 is 0. The minimum absolute atomic E-state index is 0.760. The van der Waals surface area contributed by atoms with Crippen LogP contribution in [0.3, 0.4) is 0 Å². The first kappa shape index (κ1) is 9.19. The first-order chi connectivity index (χ1) is 6.59. The molecule has 2 rings (SSSR count). The maximum atomic E-state index is 9.76. The highest BCUT2D eigenvalue weighted by Gasteiger charge is 2.18. The molecular formula is C12H13NO. The predicted molar refractivity (Wildman–Crippen MR) is 57.7 cm³/mol. The smallest absolute Gasteiger partial charge is 0.137 e. The Morgan fingerprint density at radius 2 is 1.71 bits per heavy atom. The van der Waals surface area contributed by atoms with Gasteiger partial charge in [0.05, 0.1) is 0 Å². The summed E-state index contributed by atoms with van der Waals surface area (Å²) < 4.78 is 0. The number of rotatable bonds is 1. The Labute approximate surface area is 83.0 Å². The van der Waals surface area contributed by atoms with E-state index in [1.807, 2.05) is 42.5 Å². The van der Waals surface area contributed by atoms with E-state index in [1.54, 1.807) is 6.92 Å². The van der Waals surface area contributed by atoms with Crippen LogP contribution in [0.2, 0.25) is 0 Å². The second-order valence-electron chi connectivity index (χ2n) is 3.67. The van der Waals surface area contributed by atoms with Crippen LogP contribution in [-0.4, -0.2) is 5.11 Å². The highest BCUT2D eigenvalue weighted by atomic mass is 16.3. The fourth-order valence-electron chi connectivity index (χ4n) is 1.67. The van der Waals surface area contributed by atoms with Gasteiger partial charge in [-0.3, -0.25) is 0 Å². The maximum Gasteiger partial charge on any atom is 0.137 e. The first-order valence-electron chi connectivity index (χ1n) is 4.58. The normalized spacial score (nSPS) is 15.4. The zero-order valence-electron chi connectivity index (χ0n) is 8.07. The molecule has 0 fully saturated rings. The van der Waals surface area contributed by atoms with Crippen LogP contribution in [0.1, 0.15) is 12.5 Å².